The smallest absolute Gasteiger partial charge is 0.127 e. The molecule has 0 atom stereocenters. The average Bonchev–Trinajstić information content (AvgIpc) is 2.95. The van der Waals surface area contributed by atoms with Gasteiger partial charge in [0.25, 0.3) is 0 Å². The Hall–Kier alpha value is -1.70. The van der Waals surface area contributed by atoms with Gasteiger partial charge in [0.1, 0.15) is 5.82 Å². The maximum atomic E-state index is 14.9. The Bertz CT molecular complexity index is 901. The number of alkyl halides is 1. The highest BCUT2D eigenvalue weighted by Crippen LogP contribution is 2.43. The molecule has 2 heteroatoms. The van der Waals surface area contributed by atoms with Crippen LogP contribution < -0.4 is 0 Å². The predicted octanol–water partition coefficient (Wildman–Crippen LogP) is 10.9. The molecule has 0 aliphatic heterocycles. The van der Waals surface area contributed by atoms with Gasteiger partial charge >= 0.3 is 0 Å². The van der Waals surface area contributed by atoms with Gasteiger partial charge in [-0.2, -0.15) is 0 Å². The van der Waals surface area contributed by atoms with E-state index in [0.717, 1.165) is 72.5 Å². The lowest BCUT2D eigenvalue weighted by atomic mass is 9.68. The Morgan fingerprint density at radius 1 is 0.649 bits per heavy atom. The second-order valence-corrected chi connectivity index (χ2v) is 12.2. The van der Waals surface area contributed by atoms with E-state index in [-0.39, 0.29) is 12.5 Å². The van der Waals surface area contributed by atoms with E-state index in [9.17, 15) is 8.78 Å². The molecule has 0 heterocycles. The average molecular weight is 509 g/mol. The van der Waals surface area contributed by atoms with Crippen molar-refractivity contribution in [1.82, 2.24) is 0 Å². The van der Waals surface area contributed by atoms with Crippen molar-refractivity contribution >= 4 is 0 Å². The molecule has 0 bridgehead atoms. The lowest BCUT2D eigenvalue weighted by molar-refractivity contribution is 0.140. The number of unbranched alkanes of at least 4 members (excludes halogenated alkanes) is 4. The van der Waals surface area contributed by atoms with Crippen molar-refractivity contribution in [1.29, 1.82) is 0 Å². The van der Waals surface area contributed by atoms with E-state index >= 15 is 0 Å². The van der Waals surface area contributed by atoms with Crippen LogP contribution in [0.5, 0.6) is 0 Å². The zero-order chi connectivity index (χ0) is 25.9. The van der Waals surface area contributed by atoms with Crippen molar-refractivity contribution in [2.75, 3.05) is 6.67 Å². The second-order valence-electron chi connectivity index (χ2n) is 12.2. The summed E-state index contributed by atoms with van der Waals surface area (Å²) in [6.45, 7) is 2.01. The molecule has 2 fully saturated rings. The summed E-state index contributed by atoms with van der Waals surface area (Å²) in [6.07, 6.45) is 21.4. The molecule has 0 nitrogen and oxygen atoms in total. The fourth-order valence-corrected chi connectivity index (χ4v) is 7.18. The molecule has 0 aromatic heterocycles. The van der Waals surface area contributed by atoms with Crippen molar-refractivity contribution in [2.24, 2.45) is 23.7 Å². The van der Waals surface area contributed by atoms with Gasteiger partial charge in [-0.15, -0.1) is 0 Å². The highest BCUT2D eigenvalue weighted by atomic mass is 19.1. The summed E-state index contributed by atoms with van der Waals surface area (Å²) >= 11 is 0. The van der Waals surface area contributed by atoms with Crippen LogP contribution in [-0.2, 0) is 12.8 Å². The Morgan fingerprint density at radius 3 is 1.81 bits per heavy atom. The van der Waals surface area contributed by atoms with Crippen LogP contribution in [0.15, 0.2) is 42.5 Å². The van der Waals surface area contributed by atoms with Gasteiger partial charge in [-0.1, -0.05) is 101 Å². The molecule has 2 aliphatic rings. The molecule has 4 rings (SSSR count). The third-order valence-corrected chi connectivity index (χ3v) is 9.77. The van der Waals surface area contributed by atoms with Gasteiger partial charge in [0.05, 0.1) is 6.67 Å². The molecule has 0 amide bonds. The van der Waals surface area contributed by atoms with Gasteiger partial charge in [-0.05, 0) is 103 Å². The van der Waals surface area contributed by atoms with Gasteiger partial charge < -0.3 is 0 Å². The standard InChI is InChI=1S/C35H50F2/c1-2-27-9-16-32(17-10-27)34-24-23-33(35(37)26-34)22-15-29-13-20-31(21-14-29)30-18-11-28(12-19-30)8-6-4-3-5-7-25-36/h9-10,16-17,23-24,26,28-31H,2-8,11-15,18-22,25H2,1H3/t28-,29?,30-,31?. The first-order chi connectivity index (χ1) is 18.2. The Balaban J connectivity index is 1.13. The summed E-state index contributed by atoms with van der Waals surface area (Å²) in [7, 11) is 0. The molecule has 0 radical (unpaired) electrons. The third-order valence-electron chi connectivity index (χ3n) is 9.77. The van der Waals surface area contributed by atoms with Crippen molar-refractivity contribution in [3.63, 3.8) is 0 Å². The van der Waals surface area contributed by atoms with Crippen LogP contribution in [0.3, 0.4) is 0 Å². The van der Waals surface area contributed by atoms with Crippen LogP contribution in [0.25, 0.3) is 11.1 Å². The second kappa shape index (κ2) is 15.0. The molecule has 204 valence electrons. The molecule has 0 unspecified atom stereocenters. The third kappa shape index (κ3) is 8.66. The number of aryl methyl sites for hydroxylation is 2. The van der Waals surface area contributed by atoms with E-state index < -0.39 is 0 Å². The first kappa shape index (κ1) is 28.3. The first-order valence-electron chi connectivity index (χ1n) is 15.6. The maximum absolute atomic E-state index is 14.9. The molecule has 0 N–H and O–H groups in total. The first-order valence-corrected chi connectivity index (χ1v) is 15.6. The van der Waals surface area contributed by atoms with Gasteiger partial charge in [0.15, 0.2) is 0 Å². The minimum atomic E-state index is -0.146. The largest absolute Gasteiger partial charge is 0.251 e. The van der Waals surface area contributed by atoms with Gasteiger partial charge in [-0.25, -0.2) is 4.39 Å². The SMILES string of the molecule is CCc1ccc(-c2ccc(CCC3CCC([C@H]4CC[C@H](CCCCCCCF)CC4)CC3)c(F)c2)cc1. The van der Waals surface area contributed by atoms with Crippen molar-refractivity contribution in [3.8, 4) is 11.1 Å². The summed E-state index contributed by atoms with van der Waals surface area (Å²) in [5.41, 5.74) is 4.28. The van der Waals surface area contributed by atoms with E-state index in [1.165, 1.54) is 82.6 Å². The van der Waals surface area contributed by atoms with Crippen LogP contribution in [-0.4, -0.2) is 6.67 Å². The Morgan fingerprint density at radius 2 is 1.22 bits per heavy atom. The highest BCUT2D eigenvalue weighted by Gasteiger charge is 2.30. The molecule has 0 spiro atoms. The van der Waals surface area contributed by atoms with E-state index in [1.54, 1.807) is 6.07 Å². The molecule has 2 aliphatic carbocycles. The lowest BCUT2D eigenvalue weighted by Crippen LogP contribution is -2.26. The zero-order valence-electron chi connectivity index (χ0n) is 23.3. The zero-order valence-corrected chi connectivity index (χ0v) is 23.3. The number of halogens is 2. The lowest BCUT2D eigenvalue weighted by Gasteiger charge is -2.38. The normalized spacial score (nSPS) is 24.3. The van der Waals surface area contributed by atoms with Gasteiger partial charge in [-0.3, -0.25) is 4.39 Å². The molecule has 0 saturated heterocycles. The molecule has 2 aromatic carbocycles. The van der Waals surface area contributed by atoms with Crippen molar-refractivity contribution in [2.45, 2.75) is 116 Å². The van der Waals surface area contributed by atoms with Crippen LogP contribution in [0.4, 0.5) is 8.78 Å². The van der Waals surface area contributed by atoms with E-state index in [0.29, 0.717) is 0 Å². The van der Waals surface area contributed by atoms with Gasteiger partial charge in [0, 0.05) is 0 Å². The van der Waals surface area contributed by atoms with Crippen LogP contribution in [0.1, 0.15) is 114 Å². The quantitative estimate of drug-likeness (QED) is 0.236. The minimum Gasteiger partial charge on any atom is -0.251 e. The van der Waals surface area contributed by atoms with Crippen LogP contribution in [0.2, 0.25) is 0 Å². The molecular formula is C35H50F2. The minimum absolute atomic E-state index is 0.0396. The van der Waals surface area contributed by atoms with Crippen molar-refractivity contribution in [3.05, 3.63) is 59.4 Å². The van der Waals surface area contributed by atoms with E-state index in [1.807, 2.05) is 6.07 Å². The van der Waals surface area contributed by atoms with Crippen LogP contribution in [0, 0.1) is 29.5 Å². The topological polar surface area (TPSA) is 0 Å². The summed E-state index contributed by atoms with van der Waals surface area (Å²) < 4.78 is 27.1. The molecule has 2 aromatic rings. The van der Waals surface area contributed by atoms with E-state index in [4.69, 9.17) is 0 Å². The summed E-state index contributed by atoms with van der Waals surface area (Å²) in [4.78, 5) is 0. The number of hydrogen-bond donors (Lipinski definition) is 0. The van der Waals surface area contributed by atoms with E-state index in [2.05, 4.69) is 37.3 Å². The summed E-state index contributed by atoms with van der Waals surface area (Å²) in [5.74, 6) is 3.57. The van der Waals surface area contributed by atoms with Crippen LogP contribution >= 0.6 is 0 Å². The fraction of sp³-hybridized carbons (Fsp3) is 0.657. The Kier molecular flexibility index (Phi) is 11.5. The molecule has 2 saturated carbocycles. The Labute approximate surface area is 225 Å². The summed E-state index contributed by atoms with van der Waals surface area (Å²) in [5, 5.41) is 0. The molecule has 37 heavy (non-hydrogen) atoms. The fourth-order valence-electron chi connectivity index (χ4n) is 7.18. The maximum Gasteiger partial charge on any atom is 0.127 e. The predicted molar refractivity (Wildman–Crippen MR) is 154 cm³/mol. The van der Waals surface area contributed by atoms with Gasteiger partial charge in [0.2, 0.25) is 0 Å². The molecular weight excluding hydrogens is 458 g/mol. The number of benzene rings is 2. The monoisotopic (exact) mass is 508 g/mol. The number of rotatable bonds is 13. The number of hydrogen-bond acceptors (Lipinski definition) is 0. The summed E-state index contributed by atoms with van der Waals surface area (Å²) in [6, 6.07) is 14.4. The van der Waals surface area contributed by atoms with Crippen molar-refractivity contribution < 1.29 is 8.78 Å². The highest BCUT2D eigenvalue weighted by molar-refractivity contribution is 5.64.